The van der Waals surface area contributed by atoms with E-state index >= 15 is 0 Å². The zero-order valence-corrected chi connectivity index (χ0v) is 19.2. The molecule has 0 radical (unpaired) electrons. The molecule has 0 spiro atoms. The van der Waals surface area contributed by atoms with E-state index in [1.807, 2.05) is 26.0 Å². The van der Waals surface area contributed by atoms with Crippen molar-refractivity contribution in [1.82, 2.24) is 15.6 Å². The Labute approximate surface area is 183 Å². The third kappa shape index (κ3) is 5.46. The Kier molecular flexibility index (Phi) is 8.27. The summed E-state index contributed by atoms with van der Waals surface area (Å²) < 4.78 is 19.0. The average molecular weight is 500 g/mol. The number of nitrogens with one attached hydrogen (secondary N) is 2. The fraction of sp³-hybridized carbons (Fsp3) is 0.524. The standard InChI is InChI=1S/C21H29FN4O.HI/c1-15-16(2)27-19(26-15)13-24-20(23-3)25-14-21(11-5-4-6-12-21)17-7-9-18(22)10-8-17;/h7-10H,4-6,11-14H2,1-3H3,(H2,23,24,25);1H. The quantitative estimate of drug-likeness (QED) is 0.358. The van der Waals surface area contributed by atoms with Crippen LogP contribution >= 0.6 is 24.0 Å². The van der Waals surface area contributed by atoms with Gasteiger partial charge in [0.2, 0.25) is 5.89 Å². The van der Waals surface area contributed by atoms with Crippen LogP contribution in [0.2, 0.25) is 0 Å². The van der Waals surface area contributed by atoms with Gasteiger partial charge in [-0.15, -0.1) is 24.0 Å². The highest BCUT2D eigenvalue weighted by molar-refractivity contribution is 14.0. The Bertz CT molecular complexity index is 763. The van der Waals surface area contributed by atoms with Crippen LogP contribution in [0.15, 0.2) is 33.7 Å². The highest BCUT2D eigenvalue weighted by atomic mass is 127. The summed E-state index contributed by atoms with van der Waals surface area (Å²) in [4.78, 5) is 8.71. The molecule has 154 valence electrons. The number of aromatic nitrogens is 1. The van der Waals surface area contributed by atoms with E-state index in [-0.39, 0.29) is 35.2 Å². The first-order valence-corrected chi connectivity index (χ1v) is 9.66. The summed E-state index contributed by atoms with van der Waals surface area (Å²) in [5.74, 6) is 2.02. The van der Waals surface area contributed by atoms with Crippen LogP contribution in [0.4, 0.5) is 4.39 Å². The van der Waals surface area contributed by atoms with Crippen LogP contribution in [0.25, 0.3) is 0 Å². The molecule has 7 heteroatoms. The molecule has 28 heavy (non-hydrogen) atoms. The van der Waals surface area contributed by atoms with Gasteiger partial charge >= 0.3 is 0 Å². The molecule has 2 N–H and O–H groups in total. The van der Waals surface area contributed by atoms with Gasteiger partial charge in [0.15, 0.2) is 5.96 Å². The zero-order chi connectivity index (χ0) is 19.3. The van der Waals surface area contributed by atoms with Gasteiger partial charge in [0, 0.05) is 19.0 Å². The molecule has 1 heterocycles. The fourth-order valence-corrected chi connectivity index (χ4v) is 3.85. The molecule has 1 aliphatic rings. The molecule has 1 saturated carbocycles. The minimum Gasteiger partial charge on any atom is -0.444 e. The number of nitrogens with zero attached hydrogens (tertiary/aromatic N) is 2. The molecule has 1 aromatic heterocycles. The fourth-order valence-electron chi connectivity index (χ4n) is 3.85. The minimum atomic E-state index is -0.188. The third-order valence-electron chi connectivity index (χ3n) is 5.56. The lowest BCUT2D eigenvalue weighted by molar-refractivity contribution is 0.291. The van der Waals surface area contributed by atoms with E-state index in [0.29, 0.717) is 12.4 Å². The van der Waals surface area contributed by atoms with E-state index in [4.69, 9.17) is 4.42 Å². The maximum absolute atomic E-state index is 13.4. The summed E-state index contributed by atoms with van der Waals surface area (Å²) in [6, 6.07) is 6.98. The number of rotatable bonds is 5. The zero-order valence-electron chi connectivity index (χ0n) is 16.8. The Hall–Kier alpha value is -1.64. The number of benzene rings is 1. The highest BCUT2D eigenvalue weighted by Gasteiger charge is 2.34. The normalized spacial score (nSPS) is 16.4. The van der Waals surface area contributed by atoms with Crippen molar-refractivity contribution in [3.63, 3.8) is 0 Å². The summed E-state index contributed by atoms with van der Waals surface area (Å²) in [6.45, 7) is 5.10. The minimum absolute atomic E-state index is 0. The molecule has 0 aliphatic heterocycles. The number of guanidine groups is 1. The van der Waals surface area contributed by atoms with Gasteiger partial charge in [-0.1, -0.05) is 31.4 Å². The van der Waals surface area contributed by atoms with Crippen molar-refractivity contribution in [2.45, 2.75) is 57.9 Å². The number of halogens is 2. The van der Waals surface area contributed by atoms with Crippen LogP contribution < -0.4 is 10.6 Å². The summed E-state index contributed by atoms with van der Waals surface area (Å²) in [7, 11) is 1.76. The monoisotopic (exact) mass is 500 g/mol. The van der Waals surface area contributed by atoms with Gasteiger partial charge < -0.3 is 15.1 Å². The van der Waals surface area contributed by atoms with E-state index in [9.17, 15) is 4.39 Å². The Morgan fingerprint density at radius 3 is 2.39 bits per heavy atom. The van der Waals surface area contributed by atoms with E-state index in [1.165, 1.54) is 24.8 Å². The lowest BCUT2D eigenvalue weighted by atomic mass is 9.69. The smallest absolute Gasteiger partial charge is 0.214 e. The number of hydrogen-bond acceptors (Lipinski definition) is 3. The molecule has 5 nitrogen and oxygen atoms in total. The van der Waals surface area contributed by atoms with Crippen molar-refractivity contribution in [3.8, 4) is 0 Å². The van der Waals surface area contributed by atoms with E-state index in [1.54, 1.807) is 19.2 Å². The van der Waals surface area contributed by atoms with Crippen LogP contribution in [0.3, 0.4) is 0 Å². The summed E-state index contributed by atoms with van der Waals surface area (Å²) >= 11 is 0. The topological polar surface area (TPSA) is 62.5 Å². The van der Waals surface area contributed by atoms with Crippen molar-refractivity contribution in [2.24, 2.45) is 4.99 Å². The lowest BCUT2D eigenvalue weighted by Crippen LogP contribution is -2.46. The van der Waals surface area contributed by atoms with Gasteiger partial charge in [0.1, 0.15) is 11.6 Å². The van der Waals surface area contributed by atoms with Crippen LogP contribution in [0.5, 0.6) is 0 Å². The number of hydrogen-bond donors (Lipinski definition) is 2. The predicted octanol–water partition coefficient (Wildman–Crippen LogP) is 4.62. The molecule has 0 unspecified atom stereocenters. The first-order valence-electron chi connectivity index (χ1n) is 9.66. The van der Waals surface area contributed by atoms with Crippen molar-refractivity contribution in [3.05, 3.63) is 53.0 Å². The Balaban J connectivity index is 0.00000280. The molecule has 0 amide bonds. The second kappa shape index (κ2) is 10.2. The second-order valence-electron chi connectivity index (χ2n) is 7.38. The number of aliphatic imine (C=N–C) groups is 1. The van der Waals surface area contributed by atoms with Gasteiger partial charge in [-0.2, -0.15) is 0 Å². The van der Waals surface area contributed by atoms with Crippen LogP contribution in [-0.4, -0.2) is 24.5 Å². The largest absolute Gasteiger partial charge is 0.444 e. The van der Waals surface area contributed by atoms with Crippen LogP contribution in [0, 0.1) is 19.7 Å². The maximum atomic E-state index is 13.4. The summed E-state index contributed by atoms with van der Waals surface area (Å²) in [6.07, 6.45) is 5.85. The lowest BCUT2D eigenvalue weighted by Gasteiger charge is -2.38. The van der Waals surface area contributed by atoms with E-state index in [0.717, 1.165) is 36.8 Å². The van der Waals surface area contributed by atoms with Gasteiger partial charge in [-0.05, 0) is 44.4 Å². The summed E-state index contributed by atoms with van der Waals surface area (Å²) in [5, 5.41) is 6.73. The third-order valence-corrected chi connectivity index (χ3v) is 5.56. The van der Waals surface area contributed by atoms with Crippen molar-refractivity contribution in [2.75, 3.05) is 13.6 Å². The highest BCUT2D eigenvalue weighted by Crippen LogP contribution is 2.39. The molecule has 0 atom stereocenters. The van der Waals surface area contributed by atoms with Crippen LogP contribution in [0.1, 0.15) is 55.0 Å². The first-order chi connectivity index (χ1) is 13.0. The molecule has 1 fully saturated rings. The Morgan fingerprint density at radius 2 is 1.82 bits per heavy atom. The first kappa shape index (κ1) is 22.6. The van der Waals surface area contributed by atoms with Gasteiger partial charge in [-0.3, -0.25) is 4.99 Å². The SMILES string of the molecule is CN=C(NCc1nc(C)c(C)o1)NCC1(c2ccc(F)cc2)CCCCC1.I. The van der Waals surface area contributed by atoms with Gasteiger partial charge in [-0.25, -0.2) is 9.37 Å². The van der Waals surface area contributed by atoms with E-state index < -0.39 is 0 Å². The van der Waals surface area contributed by atoms with E-state index in [2.05, 4.69) is 20.6 Å². The van der Waals surface area contributed by atoms with Gasteiger partial charge in [0.05, 0.1) is 12.2 Å². The number of aryl methyl sites for hydroxylation is 2. The second-order valence-corrected chi connectivity index (χ2v) is 7.38. The van der Waals surface area contributed by atoms with Crippen molar-refractivity contribution >= 4 is 29.9 Å². The molecular weight excluding hydrogens is 470 g/mol. The maximum Gasteiger partial charge on any atom is 0.214 e. The average Bonchev–Trinajstić information content (AvgIpc) is 3.01. The van der Waals surface area contributed by atoms with Crippen molar-refractivity contribution < 1.29 is 8.81 Å². The molecule has 0 bridgehead atoms. The van der Waals surface area contributed by atoms with Gasteiger partial charge in [0.25, 0.3) is 0 Å². The summed E-state index contributed by atoms with van der Waals surface area (Å²) in [5.41, 5.74) is 2.12. The molecular formula is C21H30FIN4O. The molecule has 3 rings (SSSR count). The molecule has 2 aromatic rings. The van der Waals surface area contributed by atoms with Crippen molar-refractivity contribution in [1.29, 1.82) is 0 Å². The predicted molar refractivity (Wildman–Crippen MR) is 121 cm³/mol. The van der Waals surface area contributed by atoms with Crippen LogP contribution in [-0.2, 0) is 12.0 Å². The number of oxazole rings is 1. The molecule has 1 aromatic carbocycles. The molecule has 1 aliphatic carbocycles. The molecule has 0 saturated heterocycles. The Morgan fingerprint density at radius 1 is 1.14 bits per heavy atom.